The van der Waals surface area contributed by atoms with E-state index >= 15 is 0 Å². The number of rotatable bonds is 0. The van der Waals surface area contributed by atoms with Gasteiger partial charge < -0.3 is 21.9 Å². The normalized spacial score (nSPS) is 5.80. The van der Waals surface area contributed by atoms with Gasteiger partial charge in [-0.05, 0) is 0 Å². The van der Waals surface area contributed by atoms with Gasteiger partial charge in [0.15, 0.2) is 0 Å². The first-order chi connectivity index (χ1) is 2.00. The zero-order valence-electron chi connectivity index (χ0n) is 4.12. The molecule has 0 unspecified atom stereocenters. The fraction of sp³-hybridized carbons (Fsp3) is 0. The third kappa shape index (κ3) is 25400. The summed E-state index contributed by atoms with van der Waals surface area (Å²) in [4.78, 5) is 0. The molecule has 10 N–H and O–H groups in total. The van der Waals surface area contributed by atoms with Gasteiger partial charge in [0.25, 0.3) is 0 Å². The average molecular weight is 181 g/mol. The maximum atomic E-state index is 8.74. The Morgan fingerprint density at radius 1 is 0.800 bits per heavy atom. The molecule has 8 nitrogen and oxygen atoms in total. The summed E-state index contributed by atoms with van der Waals surface area (Å²) in [6.45, 7) is 0. The summed E-state index contributed by atoms with van der Waals surface area (Å²) in [6.07, 6.45) is 0. The van der Waals surface area contributed by atoms with Crippen LogP contribution in [0.15, 0.2) is 0 Å². The van der Waals surface area contributed by atoms with E-state index in [2.05, 4.69) is 0 Å². The van der Waals surface area contributed by atoms with Crippen molar-refractivity contribution < 1.29 is 39.4 Å². The Kier molecular flexibility index (Phi) is 82.5. The molecule has 0 aliphatic heterocycles. The standard InChI is InChI=1S/Be.H2O4S.4H2O.2H/c;1-5(2,3)4;;;;;;/h;(H2,1,2,3,4);4*1H2;;. The van der Waals surface area contributed by atoms with Gasteiger partial charge in [0, 0.05) is 0 Å². The van der Waals surface area contributed by atoms with Gasteiger partial charge in [0.1, 0.15) is 0 Å². The van der Waals surface area contributed by atoms with Crippen LogP contribution in [-0.2, 0) is 10.4 Å². The van der Waals surface area contributed by atoms with Gasteiger partial charge in [0.05, 0.1) is 0 Å². The third-order valence-electron chi connectivity index (χ3n) is 0. The van der Waals surface area contributed by atoms with E-state index in [1.165, 1.54) is 0 Å². The van der Waals surface area contributed by atoms with Gasteiger partial charge in [-0.1, -0.05) is 0 Å². The van der Waals surface area contributed by atoms with Crippen molar-refractivity contribution in [1.82, 2.24) is 0 Å². The molecule has 0 aliphatic rings. The van der Waals surface area contributed by atoms with Crippen LogP contribution in [0.3, 0.4) is 0 Å². The van der Waals surface area contributed by atoms with Crippen molar-refractivity contribution in [1.29, 1.82) is 0 Å². The van der Waals surface area contributed by atoms with Gasteiger partial charge in [-0.3, -0.25) is 9.11 Å². The van der Waals surface area contributed by atoms with Gasteiger partial charge in [-0.25, -0.2) is 0 Å². The quantitative estimate of drug-likeness (QED) is 0.278. The third-order valence-corrected chi connectivity index (χ3v) is 0. The second kappa shape index (κ2) is 15.9. The van der Waals surface area contributed by atoms with Crippen LogP contribution in [-0.4, -0.2) is 49.5 Å². The maximum absolute atomic E-state index is 8.74. The van der Waals surface area contributed by atoms with E-state index in [9.17, 15) is 0 Å². The summed E-state index contributed by atoms with van der Waals surface area (Å²) in [5.41, 5.74) is 0. The molecule has 0 bridgehead atoms. The molecule has 0 fully saturated rings. The molecule has 0 aromatic carbocycles. The summed E-state index contributed by atoms with van der Waals surface area (Å²) < 4.78 is 31.6. The molecule has 10 heavy (non-hydrogen) atoms. The van der Waals surface area contributed by atoms with E-state index in [1.54, 1.807) is 0 Å². The van der Waals surface area contributed by atoms with Crippen LogP contribution in [0.1, 0.15) is 0 Å². The zero-order chi connectivity index (χ0) is 4.50. The minimum absolute atomic E-state index is 0. The Labute approximate surface area is 60.9 Å². The predicted octanol–water partition coefficient (Wildman–Crippen LogP) is -4.87. The van der Waals surface area contributed by atoms with Crippen LogP contribution in [0, 0.1) is 0 Å². The Morgan fingerprint density at radius 3 is 0.800 bits per heavy atom. The summed E-state index contributed by atoms with van der Waals surface area (Å²) in [7, 11) is -4.67. The summed E-state index contributed by atoms with van der Waals surface area (Å²) in [6, 6.07) is 0. The Hall–Kier alpha value is -0.121. The van der Waals surface area contributed by atoms with Crippen molar-refractivity contribution in [2.75, 3.05) is 0 Å². The van der Waals surface area contributed by atoms with Gasteiger partial charge >= 0.3 is 20.5 Å². The Balaban J connectivity index is -0.00000000800. The van der Waals surface area contributed by atoms with Crippen molar-refractivity contribution in [3.05, 3.63) is 0 Å². The molecule has 10 heteroatoms. The van der Waals surface area contributed by atoms with Gasteiger partial charge in [-0.2, -0.15) is 8.42 Å². The second-order valence-corrected chi connectivity index (χ2v) is 1.34. The summed E-state index contributed by atoms with van der Waals surface area (Å²) in [5.74, 6) is 0. The molecule has 0 spiro atoms. The molecule has 0 aromatic heterocycles. The van der Waals surface area contributed by atoms with Gasteiger partial charge in [0.2, 0.25) is 0 Å². The molecule has 0 aromatic rings. The predicted molar refractivity (Wildman–Crippen MR) is 37.2 cm³/mol. The molecule has 0 rings (SSSR count). The van der Waals surface area contributed by atoms with E-state index < -0.39 is 10.4 Å². The number of hydrogen-bond donors (Lipinski definition) is 2. The van der Waals surface area contributed by atoms with E-state index in [1.807, 2.05) is 0 Å². The molecule has 68 valence electrons. The topological polar surface area (TPSA) is 201 Å². The summed E-state index contributed by atoms with van der Waals surface area (Å²) >= 11 is 0. The summed E-state index contributed by atoms with van der Waals surface area (Å²) in [5, 5.41) is 0. The van der Waals surface area contributed by atoms with Crippen LogP contribution < -0.4 is 0 Å². The minimum atomic E-state index is -4.67. The van der Waals surface area contributed by atoms with Crippen LogP contribution in [0.5, 0.6) is 0 Å². The van der Waals surface area contributed by atoms with Crippen LogP contribution in [0.4, 0.5) is 0 Å². The van der Waals surface area contributed by atoms with E-state index in [4.69, 9.17) is 17.5 Å². The van der Waals surface area contributed by atoms with Crippen LogP contribution >= 0.6 is 0 Å². The van der Waals surface area contributed by atoms with E-state index in [0.717, 1.165) is 0 Å². The van der Waals surface area contributed by atoms with Crippen LogP contribution in [0.25, 0.3) is 0 Å². The van der Waals surface area contributed by atoms with E-state index in [-0.39, 0.29) is 32.0 Å². The monoisotopic (exact) mass is 181 g/mol. The second-order valence-electron chi connectivity index (χ2n) is 0.448. The molecule has 0 saturated carbocycles. The molecular formula is H12BeO8S. The fourth-order valence-corrected chi connectivity index (χ4v) is 0. The molecule has 0 heterocycles. The number of hydrogen-bond acceptors (Lipinski definition) is 2. The van der Waals surface area contributed by atoms with Crippen molar-refractivity contribution in [2.45, 2.75) is 0 Å². The van der Waals surface area contributed by atoms with Crippen LogP contribution in [0.2, 0.25) is 0 Å². The fourth-order valence-electron chi connectivity index (χ4n) is 0. The molecule has 0 atom stereocenters. The Morgan fingerprint density at radius 2 is 0.800 bits per heavy atom. The molecular weight excluding hydrogens is 169 g/mol. The SMILES string of the molecule is O.O.O.O.O=S(=O)(O)O.[BeH2]. The first kappa shape index (κ1) is 51.8. The molecule has 0 aliphatic carbocycles. The zero-order valence-corrected chi connectivity index (χ0v) is 4.94. The Bertz CT molecular complexity index is 92.4. The van der Waals surface area contributed by atoms with Crippen molar-refractivity contribution >= 4 is 20.5 Å². The molecule has 0 saturated heterocycles. The van der Waals surface area contributed by atoms with Gasteiger partial charge in [-0.15, -0.1) is 0 Å². The average Bonchev–Trinajstić information content (AvgIpc) is 0.722. The van der Waals surface area contributed by atoms with Crippen molar-refractivity contribution in [3.8, 4) is 0 Å². The molecule has 0 radical (unpaired) electrons. The van der Waals surface area contributed by atoms with Crippen molar-refractivity contribution in [3.63, 3.8) is 0 Å². The first-order valence-corrected chi connectivity index (χ1v) is 2.10. The first-order valence-electron chi connectivity index (χ1n) is 0.698. The molecule has 0 amide bonds. The van der Waals surface area contributed by atoms with E-state index in [0.29, 0.717) is 0 Å². The van der Waals surface area contributed by atoms with Crippen molar-refractivity contribution in [2.24, 2.45) is 0 Å².